The summed E-state index contributed by atoms with van der Waals surface area (Å²) in [7, 11) is 1.64. The molecule has 0 unspecified atom stereocenters. The van der Waals surface area contributed by atoms with Crippen LogP contribution < -0.4 is 5.73 Å². The Kier molecular flexibility index (Phi) is 6.56. The molecule has 2 atom stereocenters. The lowest BCUT2D eigenvalue weighted by Gasteiger charge is -2.44. The van der Waals surface area contributed by atoms with E-state index in [4.69, 9.17) is 22.1 Å². The van der Waals surface area contributed by atoms with Crippen molar-refractivity contribution in [3.8, 4) is 0 Å². The molecule has 1 saturated heterocycles. The van der Waals surface area contributed by atoms with Gasteiger partial charge in [0.25, 0.3) is 0 Å². The minimum absolute atomic E-state index is 0.0426. The van der Waals surface area contributed by atoms with Crippen molar-refractivity contribution in [1.82, 2.24) is 19.8 Å². The lowest BCUT2D eigenvalue weighted by atomic mass is 10.0. The van der Waals surface area contributed by atoms with Crippen LogP contribution >= 0.6 is 11.6 Å². The maximum atomic E-state index is 13.6. The van der Waals surface area contributed by atoms with E-state index >= 15 is 0 Å². The van der Waals surface area contributed by atoms with E-state index in [1.54, 1.807) is 7.11 Å². The summed E-state index contributed by atoms with van der Waals surface area (Å²) < 4.78 is 5.47. The fourth-order valence-electron chi connectivity index (χ4n) is 4.89. The van der Waals surface area contributed by atoms with Crippen LogP contribution in [0.5, 0.6) is 0 Å². The number of aromatic nitrogens is 2. The fourth-order valence-corrected chi connectivity index (χ4v) is 5.07. The molecular formula is C27H28ClN5O2. The molecule has 8 heteroatoms. The summed E-state index contributed by atoms with van der Waals surface area (Å²) >= 11 is 6.13. The van der Waals surface area contributed by atoms with Crippen LogP contribution in [0.2, 0.25) is 5.02 Å². The van der Waals surface area contributed by atoms with Crippen LogP contribution in [0.1, 0.15) is 18.1 Å². The van der Waals surface area contributed by atoms with Crippen LogP contribution in [0.25, 0.3) is 21.7 Å². The molecule has 7 nitrogen and oxygen atoms in total. The Morgan fingerprint density at radius 3 is 2.60 bits per heavy atom. The number of fused-ring (bicyclic) bond motifs is 2. The van der Waals surface area contributed by atoms with Gasteiger partial charge in [0.05, 0.1) is 12.1 Å². The highest BCUT2D eigenvalue weighted by Crippen LogP contribution is 2.26. The Morgan fingerprint density at radius 2 is 1.77 bits per heavy atom. The number of nitrogens with two attached hydrogens (primary N) is 1. The summed E-state index contributed by atoms with van der Waals surface area (Å²) in [4.78, 5) is 26.2. The molecule has 35 heavy (non-hydrogen) atoms. The number of halogens is 1. The predicted octanol–water partition coefficient (Wildman–Crippen LogP) is 4.27. The van der Waals surface area contributed by atoms with Crippen LogP contribution in [0.15, 0.2) is 60.9 Å². The van der Waals surface area contributed by atoms with Crippen LogP contribution in [0, 0.1) is 0 Å². The smallest absolute Gasteiger partial charge is 0.242 e. The van der Waals surface area contributed by atoms with Gasteiger partial charge in [-0.1, -0.05) is 35.9 Å². The highest BCUT2D eigenvalue weighted by molar-refractivity contribution is 6.31. The molecule has 0 bridgehead atoms. The van der Waals surface area contributed by atoms with Crippen molar-refractivity contribution in [2.75, 3.05) is 26.0 Å². The Hall–Kier alpha value is -3.26. The molecule has 3 aromatic carbocycles. The first kappa shape index (κ1) is 23.5. The molecule has 180 valence electrons. The van der Waals surface area contributed by atoms with Gasteiger partial charge in [-0.25, -0.2) is 9.97 Å². The molecule has 2 heterocycles. The van der Waals surface area contributed by atoms with E-state index in [1.807, 2.05) is 41.3 Å². The van der Waals surface area contributed by atoms with Gasteiger partial charge in [0.2, 0.25) is 5.91 Å². The molecular weight excluding hydrogens is 462 g/mol. The van der Waals surface area contributed by atoms with Gasteiger partial charge in [-0.2, -0.15) is 0 Å². The van der Waals surface area contributed by atoms with Gasteiger partial charge in [-0.15, -0.1) is 0 Å². The third-order valence-corrected chi connectivity index (χ3v) is 6.94. The average molecular weight is 490 g/mol. The normalized spacial score (nSPS) is 19.1. The Morgan fingerprint density at radius 1 is 1.03 bits per heavy atom. The number of carbonyl (C=O) groups is 1. The predicted molar refractivity (Wildman–Crippen MR) is 139 cm³/mol. The van der Waals surface area contributed by atoms with Gasteiger partial charge in [0, 0.05) is 43.2 Å². The SMILES string of the molecule is COC[C@H]1C(=O)N(Cc2ccc3c(N)ncnc3c2)[C@H](C)CN1Cc1ccc2cc(Cl)ccc2c1. The molecule has 1 aliphatic rings. The minimum Gasteiger partial charge on any atom is -0.383 e. The van der Waals surface area contributed by atoms with E-state index in [9.17, 15) is 4.79 Å². The lowest BCUT2D eigenvalue weighted by molar-refractivity contribution is -0.149. The van der Waals surface area contributed by atoms with Crippen molar-refractivity contribution in [3.05, 3.63) is 77.1 Å². The lowest BCUT2D eigenvalue weighted by Crippen LogP contribution is -2.61. The summed E-state index contributed by atoms with van der Waals surface area (Å²) in [5.41, 5.74) is 8.90. The third-order valence-electron chi connectivity index (χ3n) is 6.70. The van der Waals surface area contributed by atoms with Crippen LogP contribution in [-0.4, -0.2) is 58.0 Å². The number of piperazine rings is 1. The highest BCUT2D eigenvalue weighted by Gasteiger charge is 2.38. The number of hydrogen-bond acceptors (Lipinski definition) is 6. The molecule has 1 aliphatic heterocycles. The van der Waals surface area contributed by atoms with E-state index in [0.29, 0.717) is 25.5 Å². The third kappa shape index (κ3) is 4.80. The van der Waals surface area contributed by atoms with E-state index < -0.39 is 0 Å². The molecule has 0 spiro atoms. The van der Waals surface area contributed by atoms with Crippen molar-refractivity contribution in [3.63, 3.8) is 0 Å². The maximum absolute atomic E-state index is 13.6. The Balaban J connectivity index is 1.36. The maximum Gasteiger partial charge on any atom is 0.242 e. The molecule has 5 rings (SSSR count). The standard InChI is InChI=1S/C27H28ClN5O2/c1-17-12-32(13-18-3-5-21-11-22(28)7-6-20(21)9-18)25(15-35-2)27(34)33(17)14-19-4-8-23-24(10-19)30-16-31-26(23)29/h3-11,16-17,25H,12-15H2,1-2H3,(H2,29,30,31)/t17-,25+/m1/s1. The summed E-state index contributed by atoms with van der Waals surface area (Å²) in [6.45, 7) is 4.36. The number of nitrogens with zero attached hydrogens (tertiary/aromatic N) is 4. The fraction of sp³-hybridized carbons (Fsp3) is 0.296. The Bertz CT molecular complexity index is 1390. The molecule has 1 aromatic heterocycles. The van der Waals surface area contributed by atoms with E-state index in [1.165, 1.54) is 6.33 Å². The second-order valence-corrected chi connectivity index (χ2v) is 9.59. The molecule has 0 aliphatic carbocycles. The number of methoxy groups -OCH3 is 1. The number of hydrogen-bond donors (Lipinski definition) is 1. The molecule has 0 saturated carbocycles. The van der Waals surface area contributed by atoms with Gasteiger partial charge in [0.1, 0.15) is 18.2 Å². The average Bonchev–Trinajstić information content (AvgIpc) is 2.84. The number of benzene rings is 3. The largest absolute Gasteiger partial charge is 0.383 e. The van der Waals surface area contributed by atoms with E-state index in [0.717, 1.165) is 44.4 Å². The number of amides is 1. The summed E-state index contributed by atoms with van der Waals surface area (Å²) in [5.74, 6) is 0.525. The van der Waals surface area contributed by atoms with Crippen molar-refractivity contribution in [2.24, 2.45) is 0 Å². The Labute approximate surface area is 209 Å². The topological polar surface area (TPSA) is 84.6 Å². The van der Waals surface area contributed by atoms with Gasteiger partial charge in [-0.05, 0) is 59.2 Å². The molecule has 1 amide bonds. The number of carbonyl (C=O) groups excluding carboxylic acids is 1. The second kappa shape index (κ2) is 9.77. The van der Waals surface area contributed by atoms with Crippen molar-refractivity contribution >= 4 is 45.0 Å². The number of ether oxygens (including phenoxy) is 1. The van der Waals surface area contributed by atoms with Crippen molar-refractivity contribution in [2.45, 2.75) is 32.1 Å². The van der Waals surface area contributed by atoms with Gasteiger partial charge >= 0.3 is 0 Å². The van der Waals surface area contributed by atoms with Gasteiger partial charge in [-0.3, -0.25) is 9.69 Å². The first-order valence-electron chi connectivity index (χ1n) is 11.6. The monoisotopic (exact) mass is 489 g/mol. The first-order chi connectivity index (χ1) is 16.9. The first-order valence-corrected chi connectivity index (χ1v) is 12.0. The summed E-state index contributed by atoms with van der Waals surface area (Å²) in [5, 5.41) is 3.78. The molecule has 1 fully saturated rings. The van der Waals surface area contributed by atoms with Gasteiger partial charge in [0.15, 0.2) is 0 Å². The zero-order valence-corrected chi connectivity index (χ0v) is 20.6. The highest BCUT2D eigenvalue weighted by atomic mass is 35.5. The number of rotatable bonds is 6. The molecule has 0 radical (unpaired) electrons. The summed E-state index contributed by atoms with van der Waals surface area (Å²) in [6.07, 6.45) is 1.46. The number of anilines is 1. The van der Waals surface area contributed by atoms with Crippen LogP contribution in [-0.2, 0) is 22.6 Å². The quantitative estimate of drug-likeness (QED) is 0.435. The minimum atomic E-state index is -0.351. The second-order valence-electron chi connectivity index (χ2n) is 9.15. The van der Waals surface area contributed by atoms with E-state index in [2.05, 4.69) is 40.0 Å². The van der Waals surface area contributed by atoms with Crippen LogP contribution in [0.4, 0.5) is 5.82 Å². The number of nitrogen functional groups attached to an aromatic ring is 1. The van der Waals surface area contributed by atoms with Crippen LogP contribution in [0.3, 0.4) is 0 Å². The zero-order valence-electron chi connectivity index (χ0n) is 19.8. The zero-order chi connectivity index (χ0) is 24.5. The van der Waals surface area contributed by atoms with E-state index in [-0.39, 0.29) is 18.0 Å². The van der Waals surface area contributed by atoms with Crippen molar-refractivity contribution < 1.29 is 9.53 Å². The van der Waals surface area contributed by atoms with Gasteiger partial charge < -0.3 is 15.4 Å². The summed E-state index contributed by atoms with van der Waals surface area (Å²) in [6, 6.07) is 17.8. The molecule has 2 N–H and O–H groups in total. The van der Waals surface area contributed by atoms with Crippen molar-refractivity contribution in [1.29, 1.82) is 0 Å². The molecule has 4 aromatic rings.